The minimum atomic E-state index is -0.664. The van der Waals surface area contributed by atoms with Crippen molar-refractivity contribution >= 4 is 29.4 Å². The van der Waals surface area contributed by atoms with Crippen LogP contribution in [0.15, 0.2) is 69.6 Å². The van der Waals surface area contributed by atoms with Crippen LogP contribution in [0.2, 0.25) is 0 Å². The molecule has 0 amide bonds. The fourth-order valence-electron chi connectivity index (χ4n) is 4.36. The van der Waals surface area contributed by atoms with E-state index < -0.39 is 18.0 Å². The Balaban J connectivity index is 1.79. The van der Waals surface area contributed by atoms with E-state index in [1.54, 1.807) is 49.6 Å². The Labute approximate surface area is 230 Å². The van der Waals surface area contributed by atoms with Crippen LogP contribution in [-0.2, 0) is 19.1 Å². The van der Waals surface area contributed by atoms with Crippen molar-refractivity contribution in [3.05, 3.63) is 96.2 Å². The number of carbonyl (C=O) groups is 2. The van der Waals surface area contributed by atoms with Gasteiger partial charge in [-0.15, -0.1) is 0 Å². The summed E-state index contributed by atoms with van der Waals surface area (Å²) in [6.45, 7) is 9.77. The summed E-state index contributed by atoms with van der Waals surface area (Å²) in [5.41, 5.74) is 3.30. The third-order valence-electron chi connectivity index (χ3n) is 6.25. The Morgan fingerprint density at radius 1 is 1.08 bits per heavy atom. The molecule has 1 aliphatic rings. The van der Waals surface area contributed by atoms with Crippen molar-refractivity contribution in [2.75, 3.05) is 19.8 Å². The molecule has 9 heteroatoms. The van der Waals surface area contributed by atoms with Crippen LogP contribution in [0.3, 0.4) is 0 Å². The number of allylic oxidation sites excluding steroid dienone is 1. The first-order valence-corrected chi connectivity index (χ1v) is 13.7. The molecule has 0 spiro atoms. The monoisotopic (exact) mass is 548 g/mol. The lowest BCUT2D eigenvalue weighted by atomic mass is 9.93. The second-order valence-corrected chi connectivity index (χ2v) is 10.3. The topological polar surface area (TPSA) is 96.2 Å². The highest BCUT2D eigenvalue weighted by atomic mass is 32.1. The van der Waals surface area contributed by atoms with Gasteiger partial charge in [0.05, 0.1) is 35.1 Å². The Morgan fingerprint density at radius 3 is 2.46 bits per heavy atom. The molecule has 204 valence electrons. The number of fused-ring (bicyclic) bond motifs is 1. The van der Waals surface area contributed by atoms with E-state index >= 15 is 0 Å². The van der Waals surface area contributed by atoms with Crippen LogP contribution < -0.4 is 19.6 Å². The van der Waals surface area contributed by atoms with Gasteiger partial charge in [-0.3, -0.25) is 9.36 Å². The number of rotatable bonds is 9. The van der Waals surface area contributed by atoms with Crippen LogP contribution in [0.4, 0.5) is 0 Å². The zero-order valence-corrected chi connectivity index (χ0v) is 23.5. The second-order valence-electron chi connectivity index (χ2n) is 9.29. The summed E-state index contributed by atoms with van der Waals surface area (Å²) in [6.07, 6.45) is 1.75. The highest BCUT2D eigenvalue weighted by Crippen LogP contribution is 2.31. The molecule has 8 nitrogen and oxygen atoms in total. The molecule has 0 fully saturated rings. The van der Waals surface area contributed by atoms with E-state index in [0.717, 1.165) is 16.7 Å². The molecule has 0 radical (unpaired) electrons. The third-order valence-corrected chi connectivity index (χ3v) is 7.24. The number of ether oxygens (including phenoxy) is 3. The smallest absolute Gasteiger partial charge is 0.344 e. The zero-order chi connectivity index (χ0) is 28.1. The average Bonchev–Trinajstić information content (AvgIpc) is 3.21. The van der Waals surface area contributed by atoms with E-state index in [1.165, 1.54) is 11.3 Å². The summed E-state index contributed by atoms with van der Waals surface area (Å²) < 4.78 is 17.8. The molecule has 39 heavy (non-hydrogen) atoms. The van der Waals surface area contributed by atoms with Crippen molar-refractivity contribution < 1.29 is 23.8 Å². The number of benzene rings is 2. The van der Waals surface area contributed by atoms with Crippen molar-refractivity contribution in [3.63, 3.8) is 0 Å². The first-order valence-electron chi connectivity index (χ1n) is 12.9. The highest BCUT2D eigenvalue weighted by molar-refractivity contribution is 7.07. The molecule has 2 heterocycles. The molecule has 1 aromatic heterocycles. The Kier molecular flexibility index (Phi) is 8.81. The molecule has 0 saturated heterocycles. The van der Waals surface area contributed by atoms with Gasteiger partial charge in [-0.2, -0.15) is 0 Å². The van der Waals surface area contributed by atoms with Gasteiger partial charge >= 0.3 is 11.9 Å². The number of aromatic nitrogens is 1. The van der Waals surface area contributed by atoms with E-state index in [2.05, 4.69) is 18.8 Å². The Morgan fingerprint density at radius 2 is 1.79 bits per heavy atom. The van der Waals surface area contributed by atoms with Gasteiger partial charge in [0.15, 0.2) is 11.4 Å². The van der Waals surface area contributed by atoms with Crippen molar-refractivity contribution in [1.29, 1.82) is 0 Å². The SMILES string of the molecule is CCOC(=O)COc1cccc(C=c2sc3n(c2=O)C(c2ccc(C(C)C)cc2)C(C(=O)OCC)=C(C)N=3)c1. The largest absolute Gasteiger partial charge is 0.482 e. The van der Waals surface area contributed by atoms with Gasteiger partial charge in [-0.25, -0.2) is 14.6 Å². The summed E-state index contributed by atoms with van der Waals surface area (Å²) in [5, 5.41) is 0. The van der Waals surface area contributed by atoms with Crippen molar-refractivity contribution in [2.45, 2.75) is 46.6 Å². The van der Waals surface area contributed by atoms with E-state index in [1.807, 2.05) is 30.3 Å². The Hall–Kier alpha value is -3.98. The van der Waals surface area contributed by atoms with Gasteiger partial charge in [-0.05, 0) is 61.6 Å². The summed E-state index contributed by atoms with van der Waals surface area (Å²) in [6, 6.07) is 14.4. The normalized spacial score (nSPS) is 15.1. The predicted octanol–water partition coefficient (Wildman–Crippen LogP) is 3.86. The quantitative estimate of drug-likeness (QED) is 0.377. The summed E-state index contributed by atoms with van der Waals surface area (Å²) in [4.78, 5) is 43.6. The molecule has 4 rings (SSSR count). The number of esters is 2. The van der Waals surface area contributed by atoms with Crippen LogP contribution >= 0.6 is 11.3 Å². The molecule has 2 aromatic carbocycles. The number of carbonyl (C=O) groups excluding carboxylic acids is 2. The fourth-order valence-corrected chi connectivity index (χ4v) is 5.41. The lowest BCUT2D eigenvalue weighted by Gasteiger charge is -2.25. The van der Waals surface area contributed by atoms with Crippen molar-refractivity contribution in [1.82, 2.24) is 4.57 Å². The van der Waals surface area contributed by atoms with Crippen molar-refractivity contribution in [2.24, 2.45) is 4.99 Å². The third kappa shape index (κ3) is 6.20. The highest BCUT2D eigenvalue weighted by Gasteiger charge is 2.33. The maximum absolute atomic E-state index is 13.8. The number of hydrogen-bond donors (Lipinski definition) is 0. The molecule has 1 unspecified atom stereocenters. The standard InChI is InChI=1S/C30H32N2O6S/c1-6-36-25(33)17-38-23-10-8-9-20(15-23)16-24-28(34)32-27(22-13-11-21(12-14-22)18(3)4)26(29(35)37-7-2)19(5)31-30(32)39-24/h8-16,18,27H,6-7,17H2,1-5H3. The molecule has 0 N–H and O–H groups in total. The molecular formula is C30H32N2O6S. The maximum atomic E-state index is 13.8. The molecule has 0 saturated carbocycles. The number of nitrogens with zero attached hydrogens (tertiary/aromatic N) is 2. The lowest BCUT2D eigenvalue weighted by Crippen LogP contribution is -2.39. The molecular weight excluding hydrogens is 516 g/mol. The zero-order valence-electron chi connectivity index (χ0n) is 22.7. The minimum absolute atomic E-state index is 0.203. The number of thiazole rings is 1. The van der Waals surface area contributed by atoms with Gasteiger partial charge in [0.1, 0.15) is 5.75 Å². The van der Waals surface area contributed by atoms with Gasteiger partial charge in [0, 0.05) is 0 Å². The maximum Gasteiger partial charge on any atom is 0.344 e. The van der Waals surface area contributed by atoms with Gasteiger partial charge in [0.25, 0.3) is 5.56 Å². The summed E-state index contributed by atoms with van der Waals surface area (Å²) >= 11 is 1.25. The molecule has 1 atom stereocenters. The molecule has 1 aliphatic heterocycles. The van der Waals surface area contributed by atoms with Crippen molar-refractivity contribution in [3.8, 4) is 5.75 Å². The van der Waals surface area contributed by atoms with Crippen LogP contribution in [-0.4, -0.2) is 36.3 Å². The minimum Gasteiger partial charge on any atom is -0.482 e. The first-order chi connectivity index (χ1) is 18.7. The van der Waals surface area contributed by atoms with E-state index in [4.69, 9.17) is 14.2 Å². The van der Waals surface area contributed by atoms with Crippen LogP contribution in [0.5, 0.6) is 5.75 Å². The van der Waals surface area contributed by atoms with Gasteiger partial charge in [0.2, 0.25) is 0 Å². The predicted molar refractivity (Wildman–Crippen MR) is 149 cm³/mol. The van der Waals surface area contributed by atoms with E-state index in [0.29, 0.717) is 32.3 Å². The van der Waals surface area contributed by atoms with Crippen LogP contribution in [0.1, 0.15) is 63.3 Å². The molecule has 3 aromatic rings. The average molecular weight is 549 g/mol. The molecule has 0 aliphatic carbocycles. The van der Waals surface area contributed by atoms with Crippen LogP contribution in [0.25, 0.3) is 6.08 Å². The first kappa shape index (κ1) is 28.0. The van der Waals surface area contributed by atoms with E-state index in [-0.39, 0.29) is 25.4 Å². The van der Waals surface area contributed by atoms with Gasteiger partial charge < -0.3 is 14.2 Å². The summed E-state index contributed by atoms with van der Waals surface area (Å²) in [7, 11) is 0. The lowest BCUT2D eigenvalue weighted by molar-refractivity contribution is -0.145. The Bertz CT molecular complexity index is 1580. The fraction of sp³-hybridized carbons (Fsp3) is 0.333. The van der Waals surface area contributed by atoms with Gasteiger partial charge in [-0.1, -0.05) is 61.6 Å². The second kappa shape index (κ2) is 12.3. The van der Waals surface area contributed by atoms with Crippen LogP contribution in [0, 0.1) is 0 Å². The van der Waals surface area contributed by atoms with E-state index in [9.17, 15) is 14.4 Å². The summed E-state index contributed by atoms with van der Waals surface area (Å²) in [5.74, 6) is -0.115. The molecule has 0 bridgehead atoms. The number of hydrogen-bond acceptors (Lipinski definition) is 8.